The molecule has 0 atom stereocenters. The van der Waals surface area contributed by atoms with Gasteiger partial charge in [0, 0.05) is 38.8 Å². The maximum Gasteiger partial charge on any atom is 0.451 e. The molecule has 10 heteroatoms. The molecule has 3 heterocycles. The number of amides is 1. The lowest BCUT2D eigenvalue weighted by atomic mass is 9.97. The highest BCUT2D eigenvalue weighted by Crippen LogP contribution is 2.32. The van der Waals surface area contributed by atoms with Gasteiger partial charge in [-0.3, -0.25) is 0 Å². The number of nitrogens with zero attached hydrogens (tertiary/aromatic N) is 4. The van der Waals surface area contributed by atoms with Crippen LogP contribution in [0.1, 0.15) is 52.3 Å². The van der Waals surface area contributed by atoms with E-state index < -0.39 is 23.7 Å². The summed E-state index contributed by atoms with van der Waals surface area (Å²) in [5.41, 5.74) is -0.552. The van der Waals surface area contributed by atoms with Gasteiger partial charge in [-0.15, -0.1) is 0 Å². The first-order valence-electron chi connectivity index (χ1n) is 10.4. The molecule has 7 nitrogen and oxygen atoms in total. The highest BCUT2D eigenvalue weighted by molar-refractivity contribution is 5.67. The number of nitrogens with one attached hydrogen (secondary N) is 1. The second-order valence-corrected chi connectivity index (χ2v) is 8.91. The fraction of sp³-hybridized carbons (Fsp3) is 0.750. The van der Waals surface area contributed by atoms with Crippen LogP contribution >= 0.6 is 0 Å². The summed E-state index contributed by atoms with van der Waals surface area (Å²) in [6, 6.07) is 1.67. The first-order chi connectivity index (χ1) is 14.0. The summed E-state index contributed by atoms with van der Waals surface area (Å²) in [7, 11) is 0. The summed E-state index contributed by atoms with van der Waals surface area (Å²) in [5, 5.41) is 2.78. The van der Waals surface area contributed by atoms with E-state index in [1.807, 2.05) is 9.80 Å². The van der Waals surface area contributed by atoms with Crippen LogP contribution < -0.4 is 15.1 Å². The Labute approximate surface area is 175 Å². The molecule has 0 aliphatic carbocycles. The standard InChI is InChI=1S/C20H30F3N5O2/c1-19(2,3)30-18(29)24-13-14-6-10-28(11-7-14)16-12-15(27-8-4-5-9-27)25-17(26-16)20(21,22)23/h12,14H,4-11,13H2,1-3H3,(H,24,29). The van der Waals surface area contributed by atoms with Crippen LogP contribution in [0, 0.1) is 5.92 Å². The molecule has 168 valence electrons. The zero-order chi connectivity index (χ0) is 21.9. The molecular formula is C20H30F3N5O2. The molecule has 2 fully saturated rings. The smallest absolute Gasteiger partial charge is 0.444 e. The largest absolute Gasteiger partial charge is 0.451 e. The van der Waals surface area contributed by atoms with Crippen molar-refractivity contribution in [1.29, 1.82) is 0 Å². The van der Waals surface area contributed by atoms with Crippen molar-refractivity contribution in [3.8, 4) is 0 Å². The minimum absolute atomic E-state index is 0.246. The average Bonchev–Trinajstić information content (AvgIpc) is 3.19. The number of ether oxygens (including phenoxy) is 1. The van der Waals surface area contributed by atoms with Gasteiger partial charge in [0.15, 0.2) is 0 Å². The number of alkyl carbamates (subject to hydrolysis) is 1. The lowest BCUT2D eigenvalue weighted by Gasteiger charge is -2.33. The van der Waals surface area contributed by atoms with E-state index in [4.69, 9.17) is 4.74 Å². The Bertz CT molecular complexity index is 737. The van der Waals surface area contributed by atoms with E-state index in [1.54, 1.807) is 26.8 Å². The summed E-state index contributed by atoms with van der Waals surface area (Å²) < 4.78 is 45.3. The molecule has 0 saturated carbocycles. The lowest BCUT2D eigenvalue weighted by molar-refractivity contribution is -0.144. The van der Waals surface area contributed by atoms with Gasteiger partial charge in [0.25, 0.3) is 0 Å². The van der Waals surface area contributed by atoms with Crippen molar-refractivity contribution in [2.75, 3.05) is 42.5 Å². The van der Waals surface area contributed by atoms with E-state index in [2.05, 4.69) is 15.3 Å². The second-order valence-electron chi connectivity index (χ2n) is 8.91. The van der Waals surface area contributed by atoms with Crippen LogP contribution in [0.2, 0.25) is 0 Å². The highest BCUT2D eigenvalue weighted by atomic mass is 19.4. The minimum atomic E-state index is -4.58. The van der Waals surface area contributed by atoms with Gasteiger partial charge in [0.1, 0.15) is 17.2 Å². The predicted octanol–water partition coefficient (Wildman–Crippen LogP) is 3.84. The Hall–Kier alpha value is -2.26. The Morgan fingerprint density at radius 3 is 2.10 bits per heavy atom. The normalized spacial score (nSPS) is 18.6. The van der Waals surface area contributed by atoms with E-state index in [1.165, 1.54) is 0 Å². The summed E-state index contributed by atoms with van der Waals surface area (Å²) in [4.78, 5) is 23.2. The zero-order valence-electron chi connectivity index (χ0n) is 17.8. The maximum atomic E-state index is 13.3. The van der Waals surface area contributed by atoms with Crippen molar-refractivity contribution in [3.05, 3.63) is 11.9 Å². The van der Waals surface area contributed by atoms with Crippen LogP contribution in [0.4, 0.5) is 29.6 Å². The molecular weight excluding hydrogens is 399 g/mol. The van der Waals surface area contributed by atoms with E-state index in [0.717, 1.165) is 25.7 Å². The maximum absolute atomic E-state index is 13.3. The van der Waals surface area contributed by atoms with Crippen molar-refractivity contribution < 1.29 is 22.7 Å². The molecule has 1 aromatic rings. The molecule has 0 radical (unpaired) electrons. The minimum Gasteiger partial charge on any atom is -0.444 e. The summed E-state index contributed by atoms with van der Waals surface area (Å²) in [6.07, 6.45) is -1.63. The predicted molar refractivity (Wildman–Crippen MR) is 108 cm³/mol. The first kappa shape index (κ1) is 22.4. The van der Waals surface area contributed by atoms with Gasteiger partial charge < -0.3 is 19.9 Å². The molecule has 30 heavy (non-hydrogen) atoms. The molecule has 2 aliphatic heterocycles. The van der Waals surface area contributed by atoms with Crippen LogP contribution in [0.5, 0.6) is 0 Å². The number of alkyl halides is 3. The molecule has 0 bridgehead atoms. The molecule has 1 N–H and O–H groups in total. The fourth-order valence-electron chi connectivity index (χ4n) is 3.73. The molecule has 1 amide bonds. The zero-order valence-corrected chi connectivity index (χ0v) is 17.8. The van der Waals surface area contributed by atoms with Gasteiger partial charge in [-0.25, -0.2) is 14.8 Å². The Kier molecular flexibility index (Phi) is 6.62. The van der Waals surface area contributed by atoms with Gasteiger partial charge >= 0.3 is 12.3 Å². The third-order valence-electron chi connectivity index (χ3n) is 5.26. The number of piperidine rings is 1. The number of carbonyl (C=O) groups is 1. The Balaban J connectivity index is 1.62. The molecule has 0 spiro atoms. The SMILES string of the molecule is CC(C)(C)OC(=O)NCC1CCN(c2cc(N3CCCC3)nc(C(F)(F)F)n2)CC1. The van der Waals surface area contributed by atoms with Crippen molar-refractivity contribution in [2.45, 2.75) is 58.2 Å². The van der Waals surface area contributed by atoms with Crippen LogP contribution in [-0.4, -0.2) is 54.4 Å². The Morgan fingerprint density at radius 2 is 1.60 bits per heavy atom. The third kappa shape index (κ3) is 6.12. The average molecular weight is 429 g/mol. The number of hydrogen-bond acceptors (Lipinski definition) is 6. The first-order valence-corrected chi connectivity index (χ1v) is 10.4. The van der Waals surface area contributed by atoms with E-state index >= 15 is 0 Å². The quantitative estimate of drug-likeness (QED) is 0.784. The molecule has 2 saturated heterocycles. The van der Waals surface area contributed by atoms with Crippen molar-refractivity contribution in [2.24, 2.45) is 5.92 Å². The summed E-state index contributed by atoms with van der Waals surface area (Å²) in [6.45, 7) is 8.48. The molecule has 0 unspecified atom stereocenters. The van der Waals surface area contributed by atoms with E-state index in [-0.39, 0.29) is 5.92 Å². The summed E-state index contributed by atoms with van der Waals surface area (Å²) in [5.74, 6) is -0.178. The van der Waals surface area contributed by atoms with Crippen LogP contribution in [0.15, 0.2) is 6.07 Å². The number of hydrogen-bond donors (Lipinski definition) is 1. The van der Waals surface area contributed by atoms with E-state index in [0.29, 0.717) is 44.4 Å². The van der Waals surface area contributed by atoms with E-state index in [9.17, 15) is 18.0 Å². The fourth-order valence-corrected chi connectivity index (χ4v) is 3.73. The molecule has 2 aliphatic rings. The van der Waals surface area contributed by atoms with Gasteiger partial charge in [-0.05, 0) is 52.4 Å². The molecule has 0 aromatic carbocycles. The third-order valence-corrected chi connectivity index (χ3v) is 5.26. The van der Waals surface area contributed by atoms with Crippen LogP contribution in [0.3, 0.4) is 0 Å². The Morgan fingerprint density at radius 1 is 1.07 bits per heavy atom. The summed E-state index contributed by atoms with van der Waals surface area (Å²) >= 11 is 0. The van der Waals surface area contributed by atoms with Crippen LogP contribution in [0.25, 0.3) is 0 Å². The lowest BCUT2D eigenvalue weighted by Crippen LogP contribution is -2.40. The number of rotatable bonds is 4. The van der Waals surface area contributed by atoms with Crippen molar-refractivity contribution >= 4 is 17.7 Å². The molecule has 1 aromatic heterocycles. The topological polar surface area (TPSA) is 70.6 Å². The highest BCUT2D eigenvalue weighted by Gasteiger charge is 2.37. The van der Waals surface area contributed by atoms with Gasteiger partial charge in [-0.2, -0.15) is 13.2 Å². The van der Waals surface area contributed by atoms with Gasteiger partial charge in [0.2, 0.25) is 5.82 Å². The van der Waals surface area contributed by atoms with Gasteiger partial charge in [-0.1, -0.05) is 0 Å². The van der Waals surface area contributed by atoms with Crippen molar-refractivity contribution in [1.82, 2.24) is 15.3 Å². The molecule has 3 rings (SSSR count). The van der Waals surface area contributed by atoms with Crippen molar-refractivity contribution in [3.63, 3.8) is 0 Å². The number of halogens is 3. The monoisotopic (exact) mass is 429 g/mol. The number of aromatic nitrogens is 2. The second kappa shape index (κ2) is 8.85. The van der Waals surface area contributed by atoms with Gasteiger partial charge in [0.05, 0.1) is 0 Å². The number of carbonyl (C=O) groups excluding carboxylic acids is 1. The number of anilines is 2. The van der Waals surface area contributed by atoms with Crippen LogP contribution in [-0.2, 0) is 10.9 Å².